The van der Waals surface area contributed by atoms with Gasteiger partial charge in [-0.25, -0.2) is 4.79 Å². The molecule has 1 atom stereocenters. The second kappa shape index (κ2) is 7.81. The Kier molecular flexibility index (Phi) is 5.31. The number of amides is 1. The second-order valence-corrected chi connectivity index (χ2v) is 5.75. The van der Waals surface area contributed by atoms with Crippen LogP contribution in [0.25, 0.3) is 0 Å². The van der Waals surface area contributed by atoms with Crippen LogP contribution in [0.2, 0.25) is 0 Å². The second-order valence-electron chi connectivity index (χ2n) is 5.75. The maximum absolute atomic E-state index is 12.6. The Hall–Kier alpha value is -3.16. The molecule has 136 valence electrons. The molecule has 1 aromatic heterocycles. The van der Waals surface area contributed by atoms with Crippen LogP contribution in [0.3, 0.4) is 0 Å². The molecule has 1 amide bonds. The predicted octanol–water partition coefficient (Wildman–Crippen LogP) is 1.57. The third-order valence-electron chi connectivity index (χ3n) is 4.07. The molecule has 26 heavy (non-hydrogen) atoms. The standard InChI is InChI=1S/C18H19N3O5/c1-24-15-9-19-10-16(20-15)26-14-7-8-21(11-14)17(22)12-3-5-13(6-4-12)18(23)25-2/h3-6,9-10,14H,7-8,11H2,1-2H3. The summed E-state index contributed by atoms with van der Waals surface area (Å²) < 4.78 is 15.5. The van der Waals surface area contributed by atoms with Gasteiger partial charge in [0.25, 0.3) is 5.91 Å². The van der Waals surface area contributed by atoms with Crippen LogP contribution in [-0.4, -0.2) is 60.2 Å². The zero-order valence-corrected chi connectivity index (χ0v) is 14.5. The van der Waals surface area contributed by atoms with Crippen LogP contribution in [0.1, 0.15) is 27.1 Å². The van der Waals surface area contributed by atoms with Gasteiger partial charge in [0, 0.05) is 18.5 Å². The lowest BCUT2D eigenvalue weighted by Crippen LogP contribution is -2.31. The molecule has 0 N–H and O–H groups in total. The minimum Gasteiger partial charge on any atom is -0.480 e. The number of nitrogens with zero attached hydrogens (tertiary/aromatic N) is 3. The Labute approximate surface area is 150 Å². The van der Waals surface area contributed by atoms with Crippen molar-refractivity contribution in [2.24, 2.45) is 0 Å². The molecule has 1 saturated heterocycles. The summed E-state index contributed by atoms with van der Waals surface area (Å²) in [5.41, 5.74) is 0.919. The first-order chi connectivity index (χ1) is 12.6. The molecule has 0 radical (unpaired) electrons. The average molecular weight is 357 g/mol. The van der Waals surface area contributed by atoms with Gasteiger partial charge in [0.05, 0.1) is 38.7 Å². The zero-order chi connectivity index (χ0) is 18.5. The summed E-state index contributed by atoms with van der Waals surface area (Å²) in [6.45, 7) is 1.04. The van der Waals surface area contributed by atoms with Crippen molar-refractivity contribution in [1.29, 1.82) is 0 Å². The van der Waals surface area contributed by atoms with Gasteiger partial charge in [-0.1, -0.05) is 0 Å². The molecule has 1 fully saturated rings. The van der Waals surface area contributed by atoms with Crippen LogP contribution < -0.4 is 9.47 Å². The Morgan fingerprint density at radius 2 is 1.77 bits per heavy atom. The van der Waals surface area contributed by atoms with E-state index in [0.717, 1.165) is 0 Å². The smallest absolute Gasteiger partial charge is 0.337 e. The Balaban J connectivity index is 1.60. The van der Waals surface area contributed by atoms with Crippen LogP contribution in [0, 0.1) is 0 Å². The fourth-order valence-electron chi connectivity index (χ4n) is 2.72. The zero-order valence-electron chi connectivity index (χ0n) is 14.5. The van der Waals surface area contributed by atoms with Gasteiger partial charge in [-0.15, -0.1) is 0 Å². The van der Waals surface area contributed by atoms with Crippen molar-refractivity contribution < 1.29 is 23.8 Å². The van der Waals surface area contributed by atoms with Gasteiger partial charge < -0.3 is 19.1 Å². The summed E-state index contributed by atoms with van der Waals surface area (Å²) in [5.74, 6) is 0.201. The minimum absolute atomic E-state index is 0.107. The van der Waals surface area contributed by atoms with Gasteiger partial charge in [0.1, 0.15) is 6.10 Å². The first kappa shape index (κ1) is 17.7. The quantitative estimate of drug-likeness (QED) is 0.750. The maximum atomic E-state index is 12.6. The van der Waals surface area contributed by atoms with E-state index in [1.165, 1.54) is 26.6 Å². The molecule has 0 spiro atoms. The Bertz CT molecular complexity index is 794. The van der Waals surface area contributed by atoms with Crippen LogP contribution in [0.15, 0.2) is 36.7 Å². The SMILES string of the molecule is COC(=O)c1ccc(C(=O)N2CCC(Oc3cncc(OC)n3)C2)cc1. The van der Waals surface area contributed by atoms with E-state index in [1.54, 1.807) is 29.2 Å². The van der Waals surface area contributed by atoms with Gasteiger partial charge >= 0.3 is 5.97 Å². The highest BCUT2D eigenvalue weighted by molar-refractivity contribution is 5.96. The van der Waals surface area contributed by atoms with Gasteiger partial charge in [0.2, 0.25) is 11.8 Å². The third kappa shape index (κ3) is 3.90. The molecule has 2 aromatic rings. The molecule has 0 saturated carbocycles. The van der Waals surface area contributed by atoms with E-state index >= 15 is 0 Å². The summed E-state index contributed by atoms with van der Waals surface area (Å²) in [7, 11) is 2.83. The van der Waals surface area contributed by atoms with E-state index in [2.05, 4.69) is 14.7 Å². The van der Waals surface area contributed by atoms with Crippen molar-refractivity contribution in [3.63, 3.8) is 0 Å². The predicted molar refractivity (Wildman–Crippen MR) is 91.3 cm³/mol. The van der Waals surface area contributed by atoms with Gasteiger partial charge in [0.15, 0.2) is 0 Å². The summed E-state index contributed by atoms with van der Waals surface area (Å²) in [6, 6.07) is 6.40. The summed E-state index contributed by atoms with van der Waals surface area (Å²) >= 11 is 0. The highest BCUT2D eigenvalue weighted by atomic mass is 16.5. The number of likely N-dealkylation sites (tertiary alicyclic amines) is 1. The number of aromatic nitrogens is 2. The average Bonchev–Trinajstić information content (AvgIpc) is 3.15. The third-order valence-corrected chi connectivity index (χ3v) is 4.07. The van der Waals surface area contributed by atoms with E-state index in [1.807, 2.05) is 0 Å². The maximum Gasteiger partial charge on any atom is 0.337 e. The van der Waals surface area contributed by atoms with Crippen LogP contribution in [0.4, 0.5) is 0 Å². The highest BCUT2D eigenvalue weighted by Gasteiger charge is 2.28. The Morgan fingerprint density at radius 3 is 2.46 bits per heavy atom. The largest absolute Gasteiger partial charge is 0.480 e. The fourth-order valence-corrected chi connectivity index (χ4v) is 2.72. The molecule has 8 nitrogen and oxygen atoms in total. The number of hydrogen-bond acceptors (Lipinski definition) is 7. The highest BCUT2D eigenvalue weighted by Crippen LogP contribution is 2.20. The van der Waals surface area contributed by atoms with E-state index < -0.39 is 5.97 Å². The van der Waals surface area contributed by atoms with Crippen molar-refractivity contribution in [3.05, 3.63) is 47.8 Å². The number of hydrogen-bond donors (Lipinski definition) is 0. The fraction of sp³-hybridized carbons (Fsp3) is 0.333. The molecule has 0 bridgehead atoms. The summed E-state index contributed by atoms with van der Waals surface area (Å²) in [5, 5.41) is 0. The van der Waals surface area contributed by atoms with E-state index in [-0.39, 0.29) is 12.0 Å². The number of ether oxygens (including phenoxy) is 3. The van der Waals surface area contributed by atoms with Crippen molar-refractivity contribution in [2.75, 3.05) is 27.3 Å². The molecule has 1 aliphatic heterocycles. The molecule has 0 aliphatic carbocycles. The Morgan fingerprint density at radius 1 is 1.08 bits per heavy atom. The van der Waals surface area contributed by atoms with Crippen LogP contribution in [0.5, 0.6) is 11.8 Å². The van der Waals surface area contributed by atoms with Crippen LogP contribution >= 0.6 is 0 Å². The molecular formula is C18H19N3O5. The van der Waals surface area contributed by atoms with E-state index in [4.69, 9.17) is 9.47 Å². The molecule has 3 rings (SSSR count). The van der Waals surface area contributed by atoms with E-state index in [0.29, 0.717) is 42.4 Å². The van der Waals surface area contributed by atoms with E-state index in [9.17, 15) is 9.59 Å². The number of carbonyl (C=O) groups excluding carboxylic acids is 2. The molecular weight excluding hydrogens is 338 g/mol. The first-order valence-corrected chi connectivity index (χ1v) is 8.11. The van der Waals surface area contributed by atoms with Gasteiger partial charge in [-0.2, -0.15) is 4.98 Å². The number of carbonyl (C=O) groups is 2. The molecule has 1 unspecified atom stereocenters. The number of esters is 1. The van der Waals surface area contributed by atoms with Gasteiger partial charge in [-0.3, -0.25) is 9.78 Å². The van der Waals surface area contributed by atoms with Crippen molar-refractivity contribution in [1.82, 2.24) is 14.9 Å². The first-order valence-electron chi connectivity index (χ1n) is 8.11. The lowest BCUT2D eigenvalue weighted by Gasteiger charge is -2.17. The lowest BCUT2D eigenvalue weighted by molar-refractivity contribution is 0.0600. The molecule has 1 aliphatic rings. The number of methoxy groups -OCH3 is 2. The molecule has 1 aromatic carbocycles. The normalized spacial score (nSPS) is 16.2. The number of rotatable bonds is 5. The molecule has 8 heteroatoms. The van der Waals surface area contributed by atoms with Crippen molar-refractivity contribution >= 4 is 11.9 Å². The lowest BCUT2D eigenvalue weighted by atomic mass is 10.1. The summed E-state index contributed by atoms with van der Waals surface area (Å²) in [6.07, 6.45) is 3.55. The number of benzene rings is 1. The van der Waals surface area contributed by atoms with Crippen molar-refractivity contribution in [2.45, 2.75) is 12.5 Å². The molecule has 2 heterocycles. The van der Waals surface area contributed by atoms with Gasteiger partial charge in [-0.05, 0) is 24.3 Å². The minimum atomic E-state index is -0.432. The monoisotopic (exact) mass is 357 g/mol. The summed E-state index contributed by atoms with van der Waals surface area (Å²) in [4.78, 5) is 33.9. The topological polar surface area (TPSA) is 90.9 Å². The van der Waals surface area contributed by atoms with Crippen LogP contribution in [-0.2, 0) is 4.74 Å². The van der Waals surface area contributed by atoms with Crippen molar-refractivity contribution in [3.8, 4) is 11.8 Å².